The fourth-order valence-electron chi connectivity index (χ4n) is 4.47. The molecule has 1 fully saturated rings. The molecular formula is C28H30N4O4S2. The molecule has 10 heteroatoms. The number of carbonyl (C=O) groups excluding carboxylic acids is 1. The van der Waals surface area contributed by atoms with E-state index in [4.69, 9.17) is 26.7 Å². The van der Waals surface area contributed by atoms with Crippen molar-refractivity contribution in [2.45, 2.75) is 52.0 Å². The molecule has 1 aromatic carbocycles. The number of pyridine rings is 1. The summed E-state index contributed by atoms with van der Waals surface area (Å²) in [5.41, 5.74) is 1.54. The number of hydrogen-bond acceptors (Lipinski definition) is 8. The van der Waals surface area contributed by atoms with E-state index in [1.807, 2.05) is 24.3 Å². The summed E-state index contributed by atoms with van der Waals surface area (Å²) >= 11 is 6.73. The normalized spacial score (nSPS) is 15.7. The van der Waals surface area contributed by atoms with E-state index in [2.05, 4.69) is 12.2 Å². The molecule has 0 unspecified atom stereocenters. The number of nitrogens with one attached hydrogen (secondary N) is 1. The second-order valence-corrected chi connectivity index (χ2v) is 10.9. The fraction of sp³-hybridized carbons (Fsp3) is 0.357. The summed E-state index contributed by atoms with van der Waals surface area (Å²) in [6, 6.07) is 11.0. The molecule has 4 heterocycles. The summed E-state index contributed by atoms with van der Waals surface area (Å²) in [5, 5.41) is 3.35. The van der Waals surface area contributed by atoms with Crippen LogP contribution in [0.15, 0.2) is 52.3 Å². The van der Waals surface area contributed by atoms with Gasteiger partial charge < -0.3 is 14.8 Å². The van der Waals surface area contributed by atoms with E-state index in [0.29, 0.717) is 50.8 Å². The van der Waals surface area contributed by atoms with Crippen molar-refractivity contribution in [3.8, 4) is 11.5 Å². The zero-order valence-corrected chi connectivity index (χ0v) is 22.9. The van der Waals surface area contributed by atoms with Crippen LogP contribution in [0.4, 0.5) is 5.82 Å². The topological polar surface area (TPSA) is 85.2 Å². The molecule has 0 bridgehead atoms. The first kappa shape index (κ1) is 26.2. The minimum Gasteiger partial charge on any atom is -0.454 e. The van der Waals surface area contributed by atoms with Crippen molar-refractivity contribution in [3.05, 3.63) is 69.0 Å². The molecule has 0 aliphatic carbocycles. The van der Waals surface area contributed by atoms with E-state index in [1.54, 1.807) is 29.3 Å². The van der Waals surface area contributed by atoms with Gasteiger partial charge in [0, 0.05) is 12.7 Å². The Bertz CT molecular complexity index is 1450. The van der Waals surface area contributed by atoms with Crippen LogP contribution in [0.2, 0.25) is 0 Å². The van der Waals surface area contributed by atoms with Crippen molar-refractivity contribution in [1.29, 1.82) is 0 Å². The van der Waals surface area contributed by atoms with Crippen LogP contribution in [0.5, 0.6) is 11.5 Å². The highest BCUT2D eigenvalue weighted by Gasteiger charge is 2.33. The molecule has 1 amide bonds. The fourth-order valence-corrected chi connectivity index (χ4v) is 5.71. The smallest absolute Gasteiger partial charge is 0.267 e. The van der Waals surface area contributed by atoms with Crippen LogP contribution in [0.1, 0.15) is 56.6 Å². The molecule has 1 saturated heterocycles. The molecule has 2 aliphatic rings. The van der Waals surface area contributed by atoms with Gasteiger partial charge in [0.25, 0.3) is 11.5 Å². The lowest BCUT2D eigenvalue weighted by atomic mass is 10.1. The summed E-state index contributed by atoms with van der Waals surface area (Å²) in [4.78, 5) is 33.5. The van der Waals surface area contributed by atoms with E-state index >= 15 is 0 Å². The van der Waals surface area contributed by atoms with Gasteiger partial charge in [-0.2, -0.15) is 0 Å². The van der Waals surface area contributed by atoms with E-state index in [1.165, 1.54) is 41.8 Å². The van der Waals surface area contributed by atoms with Crippen LogP contribution in [-0.4, -0.2) is 37.8 Å². The Morgan fingerprint density at radius 2 is 1.89 bits per heavy atom. The van der Waals surface area contributed by atoms with E-state index in [-0.39, 0.29) is 18.3 Å². The van der Waals surface area contributed by atoms with E-state index in [9.17, 15) is 9.59 Å². The number of anilines is 1. The van der Waals surface area contributed by atoms with Crippen molar-refractivity contribution in [1.82, 2.24) is 14.3 Å². The van der Waals surface area contributed by atoms with E-state index < -0.39 is 0 Å². The monoisotopic (exact) mass is 550 g/mol. The molecule has 0 radical (unpaired) electrons. The lowest BCUT2D eigenvalue weighted by Gasteiger charge is -2.15. The number of aromatic nitrogens is 2. The third-order valence-electron chi connectivity index (χ3n) is 6.52. The number of nitrogens with zero attached hydrogens (tertiary/aromatic N) is 3. The Kier molecular flexibility index (Phi) is 8.29. The van der Waals surface area contributed by atoms with Crippen molar-refractivity contribution in [2.24, 2.45) is 0 Å². The number of rotatable bonds is 11. The highest BCUT2D eigenvalue weighted by atomic mass is 32.2. The van der Waals surface area contributed by atoms with Gasteiger partial charge in [-0.3, -0.25) is 18.9 Å². The number of benzene rings is 1. The average molecular weight is 551 g/mol. The number of ether oxygens (including phenoxy) is 2. The minimum atomic E-state index is -0.239. The lowest BCUT2D eigenvalue weighted by Crippen LogP contribution is -2.27. The number of hydrogen-bond donors (Lipinski definition) is 1. The zero-order valence-electron chi connectivity index (χ0n) is 21.3. The Balaban J connectivity index is 1.37. The largest absolute Gasteiger partial charge is 0.454 e. The maximum Gasteiger partial charge on any atom is 0.267 e. The van der Waals surface area contributed by atoms with Crippen LogP contribution in [-0.2, 0) is 11.3 Å². The van der Waals surface area contributed by atoms with Gasteiger partial charge in [0.2, 0.25) is 6.79 Å². The third kappa shape index (κ3) is 5.71. The number of unbranched alkanes of at least 4 members (excludes halogenated alkanes) is 5. The van der Waals surface area contributed by atoms with Gasteiger partial charge in [-0.25, -0.2) is 4.98 Å². The zero-order chi connectivity index (χ0) is 26.5. The molecule has 0 saturated carbocycles. The predicted octanol–water partition coefficient (Wildman–Crippen LogP) is 5.60. The summed E-state index contributed by atoms with van der Waals surface area (Å²) in [7, 11) is 0. The first-order valence-corrected chi connectivity index (χ1v) is 14.2. The van der Waals surface area contributed by atoms with Crippen LogP contribution >= 0.6 is 24.0 Å². The van der Waals surface area contributed by atoms with Gasteiger partial charge in [0.1, 0.15) is 15.8 Å². The number of amides is 1. The second kappa shape index (κ2) is 12.0. The maximum atomic E-state index is 13.5. The van der Waals surface area contributed by atoms with Crippen molar-refractivity contribution in [3.63, 3.8) is 0 Å². The standard InChI is InChI=1S/C28H30N4O4S2/c1-2-3-4-5-6-8-13-29-25-20(26(33)31-14-9-7-10-24(31)30-25)16-23-27(34)32(28(37)38-23)17-19-11-12-21-22(15-19)36-18-35-21/h7,9-12,14-16,29H,2-6,8,13,17-18H2,1H3/b23-16+. The Labute approximate surface area is 231 Å². The molecule has 3 aromatic rings. The molecule has 38 heavy (non-hydrogen) atoms. The number of thiocarbonyl (C=S) groups is 1. The van der Waals surface area contributed by atoms with Crippen molar-refractivity contribution in [2.75, 3.05) is 18.7 Å². The lowest BCUT2D eigenvalue weighted by molar-refractivity contribution is -0.122. The first-order chi connectivity index (χ1) is 18.5. The Morgan fingerprint density at radius 1 is 1.08 bits per heavy atom. The average Bonchev–Trinajstić information content (AvgIpc) is 3.49. The number of fused-ring (bicyclic) bond motifs is 2. The van der Waals surface area contributed by atoms with Gasteiger partial charge in [-0.05, 0) is 42.3 Å². The molecule has 0 atom stereocenters. The molecule has 0 spiro atoms. The molecule has 5 rings (SSSR count). The van der Waals surface area contributed by atoms with Crippen LogP contribution in [0.3, 0.4) is 0 Å². The van der Waals surface area contributed by atoms with Crippen molar-refractivity contribution >= 4 is 51.7 Å². The van der Waals surface area contributed by atoms with Gasteiger partial charge in [0.15, 0.2) is 11.5 Å². The summed E-state index contributed by atoms with van der Waals surface area (Å²) in [5.74, 6) is 1.58. The van der Waals surface area contributed by atoms with Gasteiger partial charge >= 0.3 is 0 Å². The summed E-state index contributed by atoms with van der Waals surface area (Å²) in [6.45, 7) is 3.40. The predicted molar refractivity (Wildman–Crippen MR) is 155 cm³/mol. The van der Waals surface area contributed by atoms with Gasteiger partial charge in [-0.1, -0.05) is 75.1 Å². The highest BCUT2D eigenvalue weighted by Crippen LogP contribution is 2.36. The third-order valence-corrected chi connectivity index (χ3v) is 7.90. The molecule has 1 N–H and O–H groups in total. The molecular weight excluding hydrogens is 520 g/mol. The molecule has 2 aromatic heterocycles. The Morgan fingerprint density at radius 3 is 2.76 bits per heavy atom. The molecule has 8 nitrogen and oxygen atoms in total. The molecule has 198 valence electrons. The van der Waals surface area contributed by atoms with Crippen molar-refractivity contribution < 1.29 is 14.3 Å². The van der Waals surface area contributed by atoms with Gasteiger partial charge in [-0.15, -0.1) is 0 Å². The van der Waals surface area contributed by atoms with Crippen LogP contribution < -0.4 is 20.3 Å². The Hall–Kier alpha value is -3.37. The summed E-state index contributed by atoms with van der Waals surface area (Å²) < 4.78 is 12.8. The highest BCUT2D eigenvalue weighted by molar-refractivity contribution is 8.26. The minimum absolute atomic E-state index is 0.188. The maximum absolute atomic E-state index is 13.5. The van der Waals surface area contributed by atoms with Crippen LogP contribution in [0.25, 0.3) is 11.7 Å². The van der Waals surface area contributed by atoms with Gasteiger partial charge in [0.05, 0.1) is 17.0 Å². The quantitative estimate of drug-likeness (QED) is 0.188. The summed E-state index contributed by atoms with van der Waals surface area (Å²) in [6.07, 6.45) is 10.3. The number of thioether (sulfide) groups is 1. The molecule has 2 aliphatic heterocycles. The first-order valence-electron chi connectivity index (χ1n) is 12.9. The second-order valence-electron chi connectivity index (χ2n) is 9.26. The van der Waals surface area contributed by atoms with Crippen LogP contribution in [0, 0.1) is 0 Å². The number of carbonyl (C=O) groups is 1. The SMILES string of the molecule is CCCCCCCCNc1nc2ccccn2c(=O)c1/C=C1/SC(=S)N(Cc2ccc3c(c2)OCO3)C1=O. The van der Waals surface area contributed by atoms with E-state index in [0.717, 1.165) is 18.4 Å².